The van der Waals surface area contributed by atoms with Gasteiger partial charge in [-0.15, -0.1) is 11.3 Å². The average Bonchev–Trinajstić information content (AvgIpc) is 3.22. The van der Waals surface area contributed by atoms with Crippen molar-refractivity contribution in [1.82, 2.24) is 20.1 Å². The number of nitrogens with zero attached hydrogens (tertiary/aromatic N) is 3. The number of amides is 1. The summed E-state index contributed by atoms with van der Waals surface area (Å²) in [6, 6.07) is 7.74. The van der Waals surface area contributed by atoms with Gasteiger partial charge >= 0.3 is 0 Å². The van der Waals surface area contributed by atoms with Crippen molar-refractivity contribution in [2.45, 2.75) is 13.5 Å². The number of H-pyrrole nitrogens is 1. The highest BCUT2D eigenvalue weighted by Crippen LogP contribution is 2.39. The van der Waals surface area contributed by atoms with E-state index in [0.29, 0.717) is 25.4 Å². The Labute approximate surface area is 147 Å². The van der Waals surface area contributed by atoms with Gasteiger partial charge in [-0.25, -0.2) is 4.98 Å². The molecule has 2 N–H and O–H groups in total. The van der Waals surface area contributed by atoms with Gasteiger partial charge < -0.3 is 14.7 Å². The molecule has 1 amide bonds. The lowest BCUT2D eigenvalue weighted by Crippen LogP contribution is -2.33. The van der Waals surface area contributed by atoms with Crippen LogP contribution in [0.15, 0.2) is 30.6 Å². The number of aryl methyl sites for hydroxylation is 1. The maximum Gasteiger partial charge on any atom is 0.291 e. The van der Waals surface area contributed by atoms with Gasteiger partial charge in [-0.05, 0) is 36.8 Å². The molecule has 128 valence electrons. The molecule has 0 aliphatic carbocycles. The summed E-state index contributed by atoms with van der Waals surface area (Å²) in [6.45, 7) is 3.08. The lowest BCUT2D eigenvalue weighted by atomic mass is 10.1. The summed E-state index contributed by atoms with van der Waals surface area (Å²) in [6.07, 6.45) is 1.30. The zero-order valence-corrected chi connectivity index (χ0v) is 14.3. The predicted octanol–water partition coefficient (Wildman–Crippen LogP) is 2.58. The van der Waals surface area contributed by atoms with Gasteiger partial charge in [0.05, 0.1) is 13.1 Å². The first-order chi connectivity index (χ1) is 12.1. The van der Waals surface area contributed by atoms with Gasteiger partial charge in [-0.2, -0.15) is 5.10 Å². The molecule has 1 aliphatic rings. The fourth-order valence-corrected chi connectivity index (χ4v) is 3.72. The molecule has 25 heavy (non-hydrogen) atoms. The van der Waals surface area contributed by atoms with E-state index in [4.69, 9.17) is 4.74 Å². The van der Waals surface area contributed by atoms with Crippen LogP contribution in [0.3, 0.4) is 0 Å². The van der Waals surface area contributed by atoms with Crippen LogP contribution in [0.4, 0.5) is 0 Å². The predicted molar refractivity (Wildman–Crippen MR) is 92.8 cm³/mol. The molecule has 0 saturated heterocycles. The van der Waals surface area contributed by atoms with Crippen LogP contribution in [0, 0.1) is 6.92 Å². The number of fused-ring (bicyclic) bond motifs is 1. The smallest absolute Gasteiger partial charge is 0.291 e. The van der Waals surface area contributed by atoms with Gasteiger partial charge in [0.2, 0.25) is 5.82 Å². The highest BCUT2D eigenvalue weighted by Gasteiger charge is 2.25. The van der Waals surface area contributed by atoms with E-state index in [0.717, 1.165) is 16.0 Å². The second-order valence-corrected chi connectivity index (χ2v) is 7.09. The van der Waals surface area contributed by atoms with Crippen LogP contribution in [0.25, 0.3) is 10.4 Å². The fraction of sp³-hybridized carbons (Fsp3) is 0.235. The Morgan fingerprint density at radius 1 is 1.40 bits per heavy atom. The Morgan fingerprint density at radius 3 is 3.00 bits per heavy atom. The molecule has 7 nitrogen and oxygen atoms in total. The topological polar surface area (TPSA) is 91.3 Å². The van der Waals surface area contributed by atoms with Gasteiger partial charge in [0, 0.05) is 15.3 Å². The lowest BCUT2D eigenvalue weighted by molar-refractivity contribution is 0.0721. The molecule has 8 heteroatoms. The summed E-state index contributed by atoms with van der Waals surface area (Å²) >= 11 is 1.65. The van der Waals surface area contributed by atoms with Crippen molar-refractivity contribution in [3.05, 3.63) is 46.9 Å². The van der Waals surface area contributed by atoms with Crippen molar-refractivity contribution in [3.63, 3.8) is 0 Å². The number of thiophene rings is 1. The second-order valence-electron chi connectivity index (χ2n) is 5.80. The van der Waals surface area contributed by atoms with E-state index in [1.165, 1.54) is 11.2 Å². The number of phenols is 1. The standard InChI is InChI=1S/C17H16N4O3S/c1-10-2-3-14(25-10)11-6-12-8-21(17(23)16-18-9-19-20-16)4-5-24-15(12)13(22)7-11/h2-3,6-7,9,22H,4-5,8H2,1H3,(H,18,19,20). The summed E-state index contributed by atoms with van der Waals surface area (Å²) in [4.78, 5) is 20.4. The molecule has 0 spiro atoms. The largest absolute Gasteiger partial charge is 0.504 e. The van der Waals surface area contributed by atoms with Crippen molar-refractivity contribution >= 4 is 17.2 Å². The van der Waals surface area contributed by atoms with Gasteiger partial charge in [0.25, 0.3) is 5.91 Å². The zero-order chi connectivity index (χ0) is 17.4. The molecule has 0 radical (unpaired) electrons. The number of ether oxygens (including phenoxy) is 1. The SMILES string of the molecule is Cc1ccc(-c2cc(O)c3c(c2)CN(C(=O)c2ncn[nH]2)CCO3)s1. The molecule has 0 bridgehead atoms. The Balaban J connectivity index is 1.70. The summed E-state index contributed by atoms with van der Waals surface area (Å²) in [5.41, 5.74) is 1.68. The van der Waals surface area contributed by atoms with Crippen LogP contribution in [-0.2, 0) is 6.54 Å². The van der Waals surface area contributed by atoms with Gasteiger partial charge in [0.15, 0.2) is 11.5 Å². The molecule has 1 aromatic carbocycles. The average molecular weight is 356 g/mol. The van der Waals surface area contributed by atoms with Crippen LogP contribution in [0.5, 0.6) is 11.5 Å². The number of aromatic amines is 1. The molecule has 3 aromatic rings. The number of rotatable bonds is 2. The highest BCUT2D eigenvalue weighted by molar-refractivity contribution is 7.15. The molecule has 3 heterocycles. The van der Waals surface area contributed by atoms with E-state index in [1.807, 2.05) is 25.1 Å². The van der Waals surface area contributed by atoms with E-state index < -0.39 is 0 Å². The maximum absolute atomic E-state index is 12.5. The Morgan fingerprint density at radius 2 is 2.28 bits per heavy atom. The minimum atomic E-state index is -0.245. The molecule has 0 fully saturated rings. The maximum atomic E-state index is 12.5. The molecule has 1 aliphatic heterocycles. The molecule has 0 atom stereocenters. The number of phenolic OH excluding ortho intramolecular Hbond substituents is 1. The minimum Gasteiger partial charge on any atom is -0.504 e. The van der Waals surface area contributed by atoms with E-state index >= 15 is 0 Å². The number of benzene rings is 1. The number of carbonyl (C=O) groups excluding carboxylic acids is 1. The van der Waals surface area contributed by atoms with Crippen LogP contribution in [-0.4, -0.2) is 44.2 Å². The van der Waals surface area contributed by atoms with Gasteiger partial charge in [-0.3, -0.25) is 9.89 Å². The van der Waals surface area contributed by atoms with E-state index in [2.05, 4.69) is 15.2 Å². The van der Waals surface area contributed by atoms with E-state index in [1.54, 1.807) is 22.3 Å². The zero-order valence-electron chi connectivity index (χ0n) is 13.5. The molecule has 4 rings (SSSR count). The van der Waals surface area contributed by atoms with Crippen molar-refractivity contribution in [2.75, 3.05) is 13.2 Å². The first kappa shape index (κ1) is 15.6. The van der Waals surface area contributed by atoms with Crippen LogP contribution in [0.2, 0.25) is 0 Å². The Kier molecular flexibility index (Phi) is 3.89. The quantitative estimate of drug-likeness (QED) is 0.736. The lowest BCUT2D eigenvalue weighted by Gasteiger charge is -2.18. The van der Waals surface area contributed by atoms with Crippen LogP contribution < -0.4 is 4.74 Å². The number of nitrogens with one attached hydrogen (secondary N) is 1. The number of hydrogen-bond donors (Lipinski definition) is 2. The summed E-state index contributed by atoms with van der Waals surface area (Å²) in [5, 5.41) is 16.7. The monoisotopic (exact) mass is 356 g/mol. The Hall–Kier alpha value is -2.87. The number of aromatic nitrogens is 3. The van der Waals surface area contributed by atoms with Crippen molar-refractivity contribution in [2.24, 2.45) is 0 Å². The normalized spacial score (nSPS) is 13.9. The summed E-state index contributed by atoms with van der Waals surface area (Å²) in [7, 11) is 0. The first-order valence-corrected chi connectivity index (χ1v) is 8.63. The fourth-order valence-electron chi connectivity index (χ4n) is 2.86. The second kappa shape index (κ2) is 6.21. The van der Waals surface area contributed by atoms with E-state index in [9.17, 15) is 9.90 Å². The molecule has 0 unspecified atom stereocenters. The number of carbonyl (C=O) groups is 1. The van der Waals surface area contributed by atoms with E-state index in [-0.39, 0.29) is 17.5 Å². The van der Waals surface area contributed by atoms with Crippen LogP contribution in [0.1, 0.15) is 21.1 Å². The molecular formula is C17H16N4O3S. The third-order valence-electron chi connectivity index (χ3n) is 4.04. The van der Waals surface area contributed by atoms with Gasteiger partial charge in [-0.1, -0.05) is 0 Å². The molecule has 0 saturated carbocycles. The highest BCUT2D eigenvalue weighted by atomic mass is 32.1. The van der Waals surface area contributed by atoms with Crippen molar-refractivity contribution < 1.29 is 14.6 Å². The Bertz CT molecular complexity index is 920. The van der Waals surface area contributed by atoms with Crippen molar-refractivity contribution in [3.8, 4) is 21.9 Å². The summed E-state index contributed by atoms with van der Waals surface area (Å²) in [5.74, 6) is 0.473. The summed E-state index contributed by atoms with van der Waals surface area (Å²) < 4.78 is 5.69. The third-order valence-corrected chi connectivity index (χ3v) is 5.09. The molecule has 2 aromatic heterocycles. The molecular weight excluding hydrogens is 340 g/mol. The van der Waals surface area contributed by atoms with Gasteiger partial charge in [0.1, 0.15) is 12.9 Å². The van der Waals surface area contributed by atoms with Crippen LogP contribution >= 0.6 is 11.3 Å². The number of aromatic hydroxyl groups is 1. The first-order valence-electron chi connectivity index (χ1n) is 7.82. The minimum absolute atomic E-state index is 0.0903. The third kappa shape index (κ3) is 2.96. The van der Waals surface area contributed by atoms with Crippen molar-refractivity contribution in [1.29, 1.82) is 0 Å². The number of hydrogen-bond acceptors (Lipinski definition) is 6.